The number of hydrogen-bond donors (Lipinski definition) is 0. The first kappa shape index (κ1) is 38.4. The minimum absolute atomic E-state index is 0.0899. The SMILES string of the molecule is Cc1onc(N(COC(=O)OCCCCO[N+](=O)[O-])S(=O)(=O)c2ccccc2-c2ccc(-c3ncco3)cc2CN(C)C(=O)CC(C)(C)C)c1C. The van der Waals surface area contributed by atoms with Crippen LogP contribution in [0.2, 0.25) is 0 Å². The third-order valence-corrected chi connectivity index (χ3v) is 9.44. The molecule has 2 aromatic heterocycles. The van der Waals surface area contributed by atoms with Crippen molar-refractivity contribution >= 4 is 27.9 Å². The van der Waals surface area contributed by atoms with E-state index in [-0.39, 0.29) is 54.6 Å². The predicted molar refractivity (Wildman–Crippen MR) is 183 cm³/mol. The number of nitrogens with zero attached hydrogens (tertiary/aromatic N) is 5. The van der Waals surface area contributed by atoms with Gasteiger partial charge in [0.25, 0.3) is 15.1 Å². The number of sulfonamides is 1. The summed E-state index contributed by atoms with van der Waals surface area (Å²) in [4.78, 5) is 45.9. The summed E-state index contributed by atoms with van der Waals surface area (Å²) in [6, 6.07) is 11.6. The van der Waals surface area contributed by atoms with Gasteiger partial charge in [-0.2, -0.15) is 0 Å². The highest BCUT2D eigenvalue weighted by Gasteiger charge is 2.33. The summed E-state index contributed by atoms with van der Waals surface area (Å²) in [5.74, 6) is 0.515. The lowest BCUT2D eigenvalue weighted by molar-refractivity contribution is -0.757. The number of hydrogen-bond acceptors (Lipinski definition) is 13. The quantitative estimate of drug-likeness (QED) is 0.0410. The van der Waals surface area contributed by atoms with Crippen molar-refractivity contribution in [1.82, 2.24) is 15.0 Å². The lowest BCUT2D eigenvalue weighted by Crippen LogP contribution is -2.35. The van der Waals surface area contributed by atoms with E-state index < -0.39 is 28.0 Å². The van der Waals surface area contributed by atoms with Crippen LogP contribution in [0.3, 0.4) is 0 Å². The van der Waals surface area contributed by atoms with Gasteiger partial charge in [-0.1, -0.05) is 50.2 Å². The van der Waals surface area contributed by atoms with E-state index in [1.54, 1.807) is 62.2 Å². The van der Waals surface area contributed by atoms with Gasteiger partial charge in [0.1, 0.15) is 12.0 Å². The molecule has 2 aromatic carbocycles. The molecule has 4 rings (SSSR count). The van der Waals surface area contributed by atoms with E-state index in [0.717, 1.165) is 4.31 Å². The van der Waals surface area contributed by atoms with Gasteiger partial charge < -0.3 is 28.2 Å². The molecule has 51 heavy (non-hydrogen) atoms. The summed E-state index contributed by atoms with van der Waals surface area (Å²) in [6.07, 6.45) is 2.58. The van der Waals surface area contributed by atoms with E-state index in [0.29, 0.717) is 45.9 Å². The molecule has 274 valence electrons. The third-order valence-electron chi connectivity index (χ3n) is 7.67. The molecule has 0 radical (unpaired) electrons. The molecule has 17 heteroatoms. The third kappa shape index (κ3) is 10.1. The monoisotopic (exact) mass is 727 g/mol. The van der Waals surface area contributed by atoms with Gasteiger partial charge in [0.15, 0.2) is 12.5 Å². The number of aromatic nitrogens is 2. The summed E-state index contributed by atoms with van der Waals surface area (Å²) < 4.78 is 51.0. The van der Waals surface area contributed by atoms with E-state index in [1.165, 1.54) is 18.5 Å². The largest absolute Gasteiger partial charge is 0.510 e. The van der Waals surface area contributed by atoms with Crippen LogP contribution in [0.5, 0.6) is 0 Å². The fourth-order valence-corrected chi connectivity index (χ4v) is 6.52. The van der Waals surface area contributed by atoms with Crippen LogP contribution in [0.1, 0.15) is 56.9 Å². The van der Waals surface area contributed by atoms with Gasteiger partial charge in [-0.25, -0.2) is 22.5 Å². The number of amides is 1. The van der Waals surface area contributed by atoms with E-state index in [2.05, 4.69) is 15.0 Å². The van der Waals surface area contributed by atoms with Crippen molar-refractivity contribution in [3.8, 4) is 22.6 Å². The second-order valence-corrected chi connectivity index (χ2v) is 14.7. The van der Waals surface area contributed by atoms with Crippen molar-refractivity contribution in [2.24, 2.45) is 5.41 Å². The number of benzene rings is 2. The number of anilines is 1. The normalized spacial score (nSPS) is 11.6. The molecule has 0 fully saturated rings. The number of oxazole rings is 1. The number of aryl methyl sites for hydroxylation is 1. The first-order valence-electron chi connectivity index (χ1n) is 16.0. The Hall–Kier alpha value is -5.45. The topological polar surface area (TPSA) is 198 Å². The van der Waals surface area contributed by atoms with Crippen LogP contribution in [0.25, 0.3) is 22.6 Å². The molecule has 0 aliphatic heterocycles. The average Bonchev–Trinajstić information content (AvgIpc) is 3.72. The minimum Gasteiger partial charge on any atom is -0.445 e. The van der Waals surface area contributed by atoms with Crippen molar-refractivity contribution < 1.29 is 46.3 Å². The molecule has 0 saturated heterocycles. The van der Waals surface area contributed by atoms with Crippen molar-refractivity contribution in [2.45, 2.75) is 65.3 Å². The van der Waals surface area contributed by atoms with Crippen LogP contribution < -0.4 is 4.31 Å². The zero-order valence-corrected chi connectivity index (χ0v) is 30.1. The first-order chi connectivity index (χ1) is 24.1. The fraction of sp³-hybridized carbons (Fsp3) is 0.412. The highest BCUT2D eigenvalue weighted by molar-refractivity contribution is 7.93. The smallest absolute Gasteiger partial charge is 0.445 e. The molecule has 0 bridgehead atoms. The maximum Gasteiger partial charge on any atom is 0.510 e. The Labute approximate surface area is 295 Å². The van der Waals surface area contributed by atoms with E-state index in [1.807, 2.05) is 20.8 Å². The Morgan fingerprint density at radius 3 is 2.39 bits per heavy atom. The molecule has 0 N–H and O–H groups in total. The van der Waals surface area contributed by atoms with Gasteiger partial charge in [0.05, 0.1) is 24.3 Å². The van der Waals surface area contributed by atoms with Gasteiger partial charge in [-0.15, -0.1) is 10.1 Å². The van der Waals surface area contributed by atoms with E-state index in [4.69, 9.17) is 18.4 Å². The molecule has 0 saturated carbocycles. The molecule has 0 aliphatic carbocycles. The number of carbonyl (C=O) groups is 2. The summed E-state index contributed by atoms with van der Waals surface area (Å²) in [5, 5.41) is 13.3. The van der Waals surface area contributed by atoms with E-state index in [9.17, 15) is 28.1 Å². The van der Waals surface area contributed by atoms with Crippen molar-refractivity contribution in [2.75, 3.05) is 31.3 Å². The zero-order valence-electron chi connectivity index (χ0n) is 29.3. The lowest BCUT2D eigenvalue weighted by Gasteiger charge is -2.26. The second kappa shape index (κ2) is 16.5. The Morgan fingerprint density at radius 1 is 1.02 bits per heavy atom. The molecule has 0 atom stereocenters. The summed E-state index contributed by atoms with van der Waals surface area (Å²) in [7, 11) is -2.84. The summed E-state index contributed by atoms with van der Waals surface area (Å²) in [5.41, 5.74) is 2.23. The molecule has 0 unspecified atom stereocenters. The van der Waals surface area contributed by atoms with Crippen LogP contribution in [0, 0.1) is 29.4 Å². The zero-order chi connectivity index (χ0) is 37.3. The van der Waals surface area contributed by atoms with Gasteiger partial charge in [-0.05, 0) is 61.4 Å². The Kier molecular flexibility index (Phi) is 12.4. The number of unbranched alkanes of at least 4 members (excludes halogenated alkanes) is 1. The van der Waals surface area contributed by atoms with Gasteiger partial charge >= 0.3 is 6.16 Å². The molecule has 0 spiro atoms. The van der Waals surface area contributed by atoms with Gasteiger partial charge in [0.2, 0.25) is 11.8 Å². The van der Waals surface area contributed by atoms with Crippen LogP contribution in [-0.2, 0) is 35.7 Å². The maximum absolute atomic E-state index is 14.6. The predicted octanol–water partition coefficient (Wildman–Crippen LogP) is 6.30. The standard InChI is InChI=1S/C34H41N5O11S/c1-23-24(2)50-36-31(23)38(22-48-33(41)47-16-9-10-17-49-39(42)43)51(44,45)29-12-8-7-11-28(29)27-14-13-25(32-35-15-18-46-32)19-26(27)21-37(6)30(40)20-34(3,4)5/h7-8,11-15,18-19H,9-10,16-17,20-22H2,1-6H3. The minimum atomic E-state index is -4.53. The Balaban J connectivity index is 1.70. The van der Waals surface area contributed by atoms with Crippen LogP contribution in [0.15, 0.2) is 68.8 Å². The Bertz CT molecular complexity index is 1940. The first-order valence-corrected chi connectivity index (χ1v) is 17.4. The molecule has 16 nitrogen and oxygen atoms in total. The van der Waals surface area contributed by atoms with Crippen LogP contribution in [-0.4, -0.2) is 67.6 Å². The second-order valence-electron chi connectivity index (χ2n) is 12.9. The molecule has 2 heterocycles. The highest BCUT2D eigenvalue weighted by Crippen LogP contribution is 2.37. The van der Waals surface area contributed by atoms with Crippen molar-refractivity contribution in [3.63, 3.8) is 0 Å². The molecule has 0 aliphatic rings. The van der Waals surface area contributed by atoms with Crippen molar-refractivity contribution in [1.29, 1.82) is 0 Å². The van der Waals surface area contributed by atoms with Crippen molar-refractivity contribution in [3.05, 3.63) is 81.9 Å². The molecule has 1 amide bonds. The average molecular weight is 728 g/mol. The number of rotatable bonds is 16. The molecular weight excluding hydrogens is 686 g/mol. The summed E-state index contributed by atoms with van der Waals surface area (Å²) >= 11 is 0. The van der Waals surface area contributed by atoms with Gasteiger partial charge in [0, 0.05) is 36.7 Å². The van der Waals surface area contributed by atoms with Crippen LogP contribution >= 0.6 is 0 Å². The maximum atomic E-state index is 14.6. The van der Waals surface area contributed by atoms with Crippen LogP contribution in [0.4, 0.5) is 10.6 Å². The highest BCUT2D eigenvalue weighted by atomic mass is 32.2. The number of ether oxygens (including phenoxy) is 2. The Morgan fingerprint density at radius 2 is 1.75 bits per heavy atom. The lowest BCUT2D eigenvalue weighted by atomic mass is 9.91. The summed E-state index contributed by atoms with van der Waals surface area (Å²) in [6.45, 7) is 8.16. The van der Waals surface area contributed by atoms with E-state index >= 15 is 0 Å². The van der Waals surface area contributed by atoms with Gasteiger partial charge in [-0.3, -0.25) is 4.79 Å². The fourth-order valence-electron chi connectivity index (χ4n) is 4.99. The number of carbonyl (C=O) groups excluding carboxylic acids is 2. The molecular formula is C34H41N5O11S. The molecule has 4 aromatic rings.